The Morgan fingerprint density at radius 2 is 1.64 bits per heavy atom. The third-order valence-electron chi connectivity index (χ3n) is 4.34. The van der Waals surface area contributed by atoms with Crippen LogP contribution in [-0.4, -0.2) is 27.9 Å². The van der Waals surface area contributed by atoms with Crippen molar-refractivity contribution in [3.63, 3.8) is 0 Å². The van der Waals surface area contributed by atoms with Gasteiger partial charge in [-0.05, 0) is 30.5 Å². The summed E-state index contributed by atoms with van der Waals surface area (Å²) in [6.45, 7) is 3.19. The van der Waals surface area contributed by atoms with E-state index in [4.69, 9.17) is 18.9 Å². The highest BCUT2D eigenvalue weighted by Crippen LogP contribution is 2.33. The van der Waals surface area contributed by atoms with E-state index in [1.165, 1.54) is 0 Å². The summed E-state index contributed by atoms with van der Waals surface area (Å²) in [6, 6.07) is 16.2. The first-order chi connectivity index (χ1) is 12.2. The lowest BCUT2D eigenvalue weighted by Gasteiger charge is -2.31. The number of methoxy groups -OCH3 is 3. The van der Waals surface area contributed by atoms with Gasteiger partial charge < -0.3 is 18.9 Å². The van der Waals surface area contributed by atoms with Gasteiger partial charge in [0.2, 0.25) is 0 Å². The lowest BCUT2D eigenvalue weighted by atomic mass is 9.96. The van der Waals surface area contributed by atoms with Gasteiger partial charge in [0.15, 0.2) is 5.79 Å². The van der Waals surface area contributed by atoms with Crippen molar-refractivity contribution in [1.29, 1.82) is 0 Å². The molecule has 4 nitrogen and oxygen atoms in total. The maximum Gasteiger partial charge on any atom is 0.194 e. The van der Waals surface area contributed by atoms with Crippen LogP contribution in [0.1, 0.15) is 30.0 Å². The normalized spacial score (nSPS) is 11.5. The van der Waals surface area contributed by atoms with Gasteiger partial charge in [-0.15, -0.1) is 0 Å². The zero-order valence-corrected chi connectivity index (χ0v) is 15.6. The molecule has 0 spiro atoms. The number of aryl methyl sites for hydroxylation is 1. The zero-order valence-electron chi connectivity index (χ0n) is 15.6. The molecule has 2 aromatic carbocycles. The van der Waals surface area contributed by atoms with Gasteiger partial charge >= 0.3 is 0 Å². The first-order valence-electron chi connectivity index (χ1n) is 8.58. The molecule has 136 valence electrons. The maximum atomic E-state index is 5.83. The predicted octanol–water partition coefficient (Wildman–Crippen LogP) is 4.31. The van der Waals surface area contributed by atoms with E-state index in [9.17, 15) is 0 Å². The Hall–Kier alpha value is -1.88. The van der Waals surface area contributed by atoms with Crippen molar-refractivity contribution < 1.29 is 18.9 Å². The Morgan fingerprint density at radius 1 is 0.920 bits per heavy atom. The van der Waals surface area contributed by atoms with Gasteiger partial charge in [0.05, 0.1) is 13.2 Å². The summed E-state index contributed by atoms with van der Waals surface area (Å²) in [5.41, 5.74) is 3.24. The van der Waals surface area contributed by atoms with Crippen molar-refractivity contribution >= 4 is 0 Å². The molecule has 0 heterocycles. The van der Waals surface area contributed by atoms with Crippen molar-refractivity contribution in [2.45, 2.75) is 32.2 Å². The van der Waals surface area contributed by atoms with E-state index in [1.54, 1.807) is 21.3 Å². The topological polar surface area (TPSA) is 36.9 Å². The third-order valence-corrected chi connectivity index (χ3v) is 4.34. The van der Waals surface area contributed by atoms with Gasteiger partial charge in [0.25, 0.3) is 0 Å². The van der Waals surface area contributed by atoms with E-state index in [-0.39, 0.29) is 0 Å². The zero-order chi connectivity index (χ0) is 18.1. The second-order valence-electron chi connectivity index (χ2n) is 5.84. The van der Waals surface area contributed by atoms with Crippen molar-refractivity contribution in [1.82, 2.24) is 0 Å². The molecular weight excluding hydrogens is 316 g/mol. The first kappa shape index (κ1) is 19.4. The molecular formula is C21H28O4. The smallest absolute Gasteiger partial charge is 0.194 e. The van der Waals surface area contributed by atoms with E-state index in [0.29, 0.717) is 19.6 Å². The lowest BCUT2D eigenvalue weighted by molar-refractivity contribution is -0.219. The first-order valence-corrected chi connectivity index (χ1v) is 8.58. The molecule has 0 atom stereocenters. The minimum atomic E-state index is -0.768. The second kappa shape index (κ2) is 9.56. The molecule has 0 N–H and O–H groups in total. The molecule has 2 rings (SSSR count). The highest BCUT2D eigenvalue weighted by molar-refractivity contribution is 5.38. The molecule has 0 radical (unpaired) electrons. The van der Waals surface area contributed by atoms with Crippen molar-refractivity contribution in [2.24, 2.45) is 0 Å². The SMILES string of the molecule is CCOc1cc(COC)ccc1CCC(OC)(OC)c1ccccc1. The molecule has 0 saturated heterocycles. The molecule has 2 aromatic rings. The molecule has 0 aliphatic rings. The Labute approximate surface area is 150 Å². The Balaban J connectivity index is 2.22. The number of benzene rings is 2. The van der Waals surface area contributed by atoms with Crippen LogP contribution in [0.25, 0.3) is 0 Å². The summed E-state index contributed by atoms with van der Waals surface area (Å²) < 4.78 is 22.6. The summed E-state index contributed by atoms with van der Waals surface area (Å²) in [5, 5.41) is 0. The van der Waals surface area contributed by atoms with E-state index < -0.39 is 5.79 Å². The summed E-state index contributed by atoms with van der Waals surface area (Å²) >= 11 is 0. The number of rotatable bonds is 10. The van der Waals surface area contributed by atoms with E-state index >= 15 is 0 Å². The molecule has 0 amide bonds. The summed E-state index contributed by atoms with van der Waals surface area (Å²) in [5.74, 6) is 0.127. The average molecular weight is 344 g/mol. The van der Waals surface area contributed by atoms with Crippen LogP contribution in [0.2, 0.25) is 0 Å². The fourth-order valence-electron chi connectivity index (χ4n) is 3.01. The van der Waals surface area contributed by atoms with Crippen molar-refractivity contribution in [2.75, 3.05) is 27.9 Å². The summed E-state index contributed by atoms with van der Waals surface area (Å²) in [4.78, 5) is 0. The van der Waals surface area contributed by atoms with Crippen molar-refractivity contribution in [3.05, 3.63) is 65.2 Å². The van der Waals surface area contributed by atoms with Gasteiger partial charge in [0, 0.05) is 33.3 Å². The molecule has 0 aromatic heterocycles. The monoisotopic (exact) mass is 344 g/mol. The molecule has 0 saturated carbocycles. The number of ether oxygens (including phenoxy) is 4. The van der Waals surface area contributed by atoms with Crippen molar-refractivity contribution in [3.8, 4) is 5.75 Å². The maximum absolute atomic E-state index is 5.83. The highest BCUT2D eigenvalue weighted by atomic mass is 16.7. The third kappa shape index (κ3) is 4.82. The highest BCUT2D eigenvalue weighted by Gasteiger charge is 2.31. The van der Waals surface area contributed by atoms with Crippen LogP contribution >= 0.6 is 0 Å². The molecule has 25 heavy (non-hydrogen) atoms. The van der Waals surface area contributed by atoms with Crippen LogP contribution in [-0.2, 0) is 33.0 Å². The molecule has 0 bridgehead atoms. The average Bonchev–Trinajstić information content (AvgIpc) is 2.66. The van der Waals surface area contributed by atoms with Gasteiger partial charge in [-0.1, -0.05) is 42.5 Å². The molecule has 0 aliphatic carbocycles. The Kier molecular flexibility index (Phi) is 7.44. The second-order valence-corrected chi connectivity index (χ2v) is 5.84. The van der Waals surface area contributed by atoms with Crippen LogP contribution in [0.5, 0.6) is 5.75 Å². The van der Waals surface area contributed by atoms with Gasteiger partial charge in [0.1, 0.15) is 5.75 Å². The van der Waals surface area contributed by atoms with Crippen LogP contribution in [0, 0.1) is 0 Å². The largest absolute Gasteiger partial charge is 0.494 e. The quantitative estimate of drug-likeness (QED) is 0.602. The van der Waals surface area contributed by atoms with Gasteiger partial charge in [-0.2, -0.15) is 0 Å². The fraction of sp³-hybridized carbons (Fsp3) is 0.429. The number of hydrogen-bond donors (Lipinski definition) is 0. The van der Waals surface area contributed by atoms with E-state index in [1.807, 2.05) is 43.3 Å². The standard InChI is InChI=1S/C21H28O4/c1-5-25-20-15-17(16-22-2)11-12-18(20)13-14-21(23-3,24-4)19-9-7-6-8-10-19/h6-12,15H,5,13-14,16H2,1-4H3. The lowest BCUT2D eigenvalue weighted by Crippen LogP contribution is -2.31. The van der Waals surface area contributed by atoms with Gasteiger partial charge in [-0.25, -0.2) is 0 Å². The minimum absolute atomic E-state index is 0.574. The van der Waals surface area contributed by atoms with Crippen LogP contribution in [0.3, 0.4) is 0 Å². The van der Waals surface area contributed by atoms with E-state index in [2.05, 4.69) is 12.1 Å². The summed E-state index contributed by atoms with van der Waals surface area (Å²) in [6.07, 6.45) is 1.47. The van der Waals surface area contributed by atoms with Crippen LogP contribution in [0.4, 0.5) is 0 Å². The molecule has 0 aliphatic heterocycles. The molecule has 4 heteroatoms. The minimum Gasteiger partial charge on any atom is -0.494 e. The predicted molar refractivity (Wildman–Crippen MR) is 98.8 cm³/mol. The molecule has 0 unspecified atom stereocenters. The molecule has 0 fully saturated rings. The van der Waals surface area contributed by atoms with Crippen LogP contribution < -0.4 is 4.74 Å². The van der Waals surface area contributed by atoms with Gasteiger partial charge in [-0.3, -0.25) is 0 Å². The number of hydrogen-bond acceptors (Lipinski definition) is 4. The Bertz CT molecular complexity index is 636. The summed E-state index contributed by atoms with van der Waals surface area (Å²) in [7, 11) is 5.06. The Morgan fingerprint density at radius 3 is 2.24 bits per heavy atom. The van der Waals surface area contributed by atoms with E-state index in [0.717, 1.165) is 28.9 Å². The van der Waals surface area contributed by atoms with Crippen LogP contribution in [0.15, 0.2) is 48.5 Å². The fourth-order valence-corrected chi connectivity index (χ4v) is 3.01.